The van der Waals surface area contributed by atoms with Crippen LogP contribution in [0.1, 0.15) is 5.69 Å². The molecule has 10 heteroatoms. The van der Waals surface area contributed by atoms with E-state index in [0.29, 0.717) is 4.34 Å². The van der Waals surface area contributed by atoms with Gasteiger partial charge in [-0.05, 0) is 30.3 Å². The van der Waals surface area contributed by atoms with Crippen molar-refractivity contribution < 1.29 is 17.9 Å². The second-order valence-corrected chi connectivity index (χ2v) is 7.55. The number of nitrogens with zero attached hydrogens (tertiary/aromatic N) is 4. The minimum atomic E-state index is -4.60. The van der Waals surface area contributed by atoms with E-state index in [0.717, 1.165) is 10.6 Å². The quantitative estimate of drug-likeness (QED) is 0.474. The zero-order valence-corrected chi connectivity index (χ0v) is 15.4. The first-order valence-corrected chi connectivity index (χ1v) is 9.33. The van der Waals surface area contributed by atoms with Crippen molar-refractivity contribution in [3.8, 4) is 17.1 Å². The Morgan fingerprint density at radius 2 is 1.93 bits per heavy atom. The maximum atomic E-state index is 13.5. The van der Waals surface area contributed by atoms with E-state index in [2.05, 4.69) is 15.0 Å². The predicted molar refractivity (Wildman–Crippen MR) is 96.2 cm³/mol. The van der Waals surface area contributed by atoms with Crippen LogP contribution in [0.25, 0.3) is 17.2 Å². The number of rotatable bonds is 4. The maximum Gasteiger partial charge on any atom is 0.435 e. The molecule has 0 saturated heterocycles. The average Bonchev–Trinajstić information content (AvgIpc) is 3.26. The fraction of sp³-hybridized carbons (Fsp3) is 0.118. The predicted octanol–water partition coefficient (Wildman–Crippen LogP) is 5.03. The molecule has 0 fully saturated rings. The van der Waals surface area contributed by atoms with Gasteiger partial charge in [-0.2, -0.15) is 13.2 Å². The van der Waals surface area contributed by atoms with Crippen LogP contribution >= 0.6 is 23.1 Å². The molecule has 0 amide bonds. The molecule has 138 valence electrons. The third-order valence-electron chi connectivity index (χ3n) is 3.66. The van der Waals surface area contributed by atoms with Crippen LogP contribution in [0.4, 0.5) is 13.2 Å². The van der Waals surface area contributed by atoms with Crippen LogP contribution in [-0.2, 0) is 6.18 Å². The average molecular weight is 408 g/mol. The largest absolute Gasteiger partial charge is 0.497 e. The number of alkyl halides is 3. The molecule has 0 N–H and O–H groups in total. The number of hydrogen-bond acceptors (Lipinski definition) is 6. The summed E-state index contributed by atoms with van der Waals surface area (Å²) in [5.41, 5.74) is -0.889. The Morgan fingerprint density at radius 1 is 1.15 bits per heavy atom. The summed E-state index contributed by atoms with van der Waals surface area (Å²) in [4.78, 5) is 12.8. The van der Waals surface area contributed by atoms with Crippen LogP contribution in [0, 0.1) is 0 Å². The first-order chi connectivity index (χ1) is 13.0. The van der Waals surface area contributed by atoms with Crippen LogP contribution in [0.3, 0.4) is 0 Å². The number of benzene rings is 1. The standard InChI is InChI=1S/C17H11F3N4OS2/c1-25-10-3-5-11(6-4-10)27-16-22-12(9-26-16)13-14(17(18,19)20)23-15-21-7-2-8-24(13)15/h2-9H,1H3. The molecular weight excluding hydrogens is 397 g/mol. The van der Waals surface area contributed by atoms with Crippen LogP contribution in [-0.4, -0.2) is 26.5 Å². The summed E-state index contributed by atoms with van der Waals surface area (Å²) in [5.74, 6) is 0.712. The van der Waals surface area contributed by atoms with Crippen molar-refractivity contribution in [3.05, 3.63) is 53.8 Å². The molecule has 5 nitrogen and oxygen atoms in total. The molecular formula is C17H11F3N4OS2. The Kier molecular flexibility index (Phi) is 4.52. The van der Waals surface area contributed by atoms with Crippen molar-refractivity contribution in [3.63, 3.8) is 0 Å². The number of methoxy groups -OCH3 is 1. The lowest BCUT2D eigenvalue weighted by Gasteiger charge is -2.05. The number of aromatic nitrogens is 4. The van der Waals surface area contributed by atoms with Crippen LogP contribution in [0.2, 0.25) is 0 Å². The number of hydrogen-bond donors (Lipinski definition) is 0. The molecule has 4 aromatic rings. The summed E-state index contributed by atoms with van der Waals surface area (Å²) in [5, 5.41) is 1.59. The highest BCUT2D eigenvalue weighted by molar-refractivity contribution is 8.01. The van der Waals surface area contributed by atoms with Gasteiger partial charge >= 0.3 is 6.18 Å². The molecule has 4 rings (SSSR count). The number of imidazole rings is 1. The summed E-state index contributed by atoms with van der Waals surface area (Å²) < 4.78 is 47.4. The Hall–Kier alpha value is -2.59. The SMILES string of the molecule is COc1ccc(Sc2nc(-c3c(C(F)(F)F)nc4ncccn34)cs2)cc1. The van der Waals surface area contributed by atoms with Gasteiger partial charge in [0.1, 0.15) is 17.1 Å². The Labute approximate surface area is 159 Å². The zero-order valence-electron chi connectivity index (χ0n) is 13.8. The number of fused-ring (bicyclic) bond motifs is 1. The normalized spacial score (nSPS) is 11.9. The van der Waals surface area contributed by atoms with Gasteiger partial charge < -0.3 is 4.74 Å². The molecule has 3 heterocycles. The minimum Gasteiger partial charge on any atom is -0.497 e. The molecule has 0 atom stereocenters. The Balaban J connectivity index is 1.72. The fourth-order valence-electron chi connectivity index (χ4n) is 2.49. The van der Waals surface area contributed by atoms with E-state index in [-0.39, 0.29) is 17.2 Å². The van der Waals surface area contributed by atoms with E-state index in [1.54, 1.807) is 18.6 Å². The van der Waals surface area contributed by atoms with Crippen molar-refractivity contribution >= 4 is 28.9 Å². The van der Waals surface area contributed by atoms with Crippen molar-refractivity contribution in [1.82, 2.24) is 19.4 Å². The molecule has 0 radical (unpaired) electrons. The van der Waals surface area contributed by atoms with Crippen LogP contribution < -0.4 is 4.74 Å². The van der Waals surface area contributed by atoms with E-state index in [9.17, 15) is 13.2 Å². The van der Waals surface area contributed by atoms with Crippen molar-refractivity contribution in [2.75, 3.05) is 7.11 Å². The number of ether oxygens (including phenoxy) is 1. The van der Waals surface area contributed by atoms with E-state index in [1.165, 1.54) is 39.9 Å². The lowest BCUT2D eigenvalue weighted by atomic mass is 10.2. The molecule has 27 heavy (non-hydrogen) atoms. The van der Waals surface area contributed by atoms with Crippen LogP contribution in [0.15, 0.2) is 57.3 Å². The summed E-state index contributed by atoms with van der Waals surface area (Å²) in [6.07, 6.45) is -1.70. The molecule has 3 aromatic heterocycles. The van der Waals surface area contributed by atoms with Crippen molar-refractivity contribution in [2.24, 2.45) is 0 Å². The van der Waals surface area contributed by atoms with Gasteiger partial charge in [0, 0.05) is 22.7 Å². The summed E-state index contributed by atoms with van der Waals surface area (Å²) in [6, 6.07) is 8.91. The molecule has 0 unspecified atom stereocenters. The van der Waals surface area contributed by atoms with Gasteiger partial charge in [-0.15, -0.1) is 11.3 Å². The summed E-state index contributed by atoms with van der Waals surface area (Å²) >= 11 is 2.64. The monoisotopic (exact) mass is 408 g/mol. The molecule has 0 bridgehead atoms. The second kappa shape index (κ2) is 6.86. The van der Waals surface area contributed by atoms with Gasteiger partial charge in [0.25, 0.3) is 0 Å². The molecule has 0 saturated carbocycles. The van der Waals surface area contributed by atoms with Gasteiger partial charge in [-0.25, -0.2) is 15.0 Å². The topological polar surface area (TPSA) is 52.3 Å². The third-order valence-corrected chi connectivity index (χ3v) is 5.61. The molecule has 1 aromatic carbocycles. The molecule has 0 aliphatic carbocycles. The Morgan fingerprint density at radius 3 is 2.63 bits per heavy atom. The van der Waals surface area contributed by atoms with Gasteiger partial charge in [0.2, 0.25) is 5.78 Å². The van der Waals surface area contributed by atoms with Gasteiger partial charge in [-0.3, -0.25) is 4.40 Å². The number of halogens is 3. The fourth-order valence-corrected chi connectivity index (χ4v) is 4.26. The zero-order chi connectivity index (χ0) is 19.0. The van der Waals surface area contributed by atoms with E-state index in [4.69, 9.17) is 4.74 Å². The first-order valence-electron chi connectivity index (χ1n) is 7.64. The highest BCUT2D eigenvalue weighted by Crippen LogP contribution is 2.39. The van der Waals surface area contributed by atoms with Crippen molar-refractivity contribution in [2.45, 2.75) is 15.4 Å². The number of thiazole rings is 1. The lowest BCUT2D eigenvalue weighted by molar-refractivity contribution is -0.140. The maximum absolute atomic E-state index is 13.5. The van der Waals surface area contributed by atoms with Gasteiger partial charge in [-0.1, -0.05) is 11.8 Å². The molecule has 0 spiro atoms. The smallest absolute Gasteiger partial charge is 0.435 e. The van der Waals surface area contributed by atoms with Crippen molar-refractivity contribution in [1.29, 1.82) is 0 Å². The van der Waals surface area contributed by atoms with Gasteiger partial charge in [0.15, 0.2) is 10.0 Å². The second-order valence-electron chi connectivity index (χ2n) is 5.37. The summed E-state index contributed by atoms with van der Waals surface area (Å²) in [6.45, 7) is 0. The lowest BCUT2D eigenvalue weighted by Crippen LogP contribution is -2.07. The first kappa shape index (κ1) is 17.8. The van der Waals surface area contributed by atoms with Gasteiger partial charge in [0.05, 0.1) is 7.11 Å². The van der Waals surface area contributed by atoms with E-state index in [1.807, 2.05) is 24.3 Å². The van der Waals surface area contributed by atoms with E-state index < -0.39 is 11.9 Å². The highest BCUT2D eigenvalue weighted by atomic mass is 32.2. The van der Waals surface area contributed by atoms with Crippen LogP contribution in [0.5, 0.6) is 5.75 Å². The third kappa shape index (κ3) is 3.50. The molecule has 0 aliphatic heterocycles. The minimum absolute atomic E-state index is 0.0165. The van der Waals surface area contributed by atoms with E-state index >= 15 is 0 Å². The molecule has 0 aliphatic rings. The highest BCUT2D eigenvalue weighted by Gasteiger charge is 2.39. The Bertz CT molecular complexity index is 1090. The summed E-state index contributed by atoms with van der Waals surface area (Å²) in [7, 11) is 1.58.